The van der Waals surface area contributed by atoms with Crippen molar-refractivity contribution in [2.75, 3.05) is 0 Å². The molecule has 4 aromatic rings. The Morgan fingerprint density at radius 3 is 2.44 bits per heavy atom. The van der Waals surface area contributed by atoms with E-state index in [0.717, 1.165) is 11.3 Å². The highest BCUT2D eigenvalue weighted by Crippen LogP contribution is 2.33. The van der Waals surface area contributed by atoms with Crippen LogP contribution in [0.2, 0.25) is 10.0 Å². The van der Waals surface area contributed by atoms with Crippen molar-refractivity contribution in [1.29, 1.82) is 0 Å². The Morgan fingerprint density at radius 2 is 1.75 bits per heavy atom. The van der Waals surface area contributed by atoms with Gasteiger partial charge in [-0.3, -0.25) is 9.36 Å². The van der Waals surface area contributed by atoms with Crippen LogP contribution in [0.3, 0.4) is 0 Å². The summed E-state index contributed by atoms with van der Waals surface area (Å²) in [7, 11) is 0. The van der Waals surface area contributed by atoms with Gasteiger partial charge in [0.25, 0.3) is 0 Å². The molecular formula is C28H28Cl2N4OS. The van der Waals surface area contributed by atoms with Crippen LogP contribution in [0.25, 0.3) is 5.69 Å². The highest BCUT2D eigenvalue weighted by molar-refractivity contribution is 7.98. The van der Waals surface area contributed by atoms with Crippen LogP contribution < -0.4 is 5.32 Å². The maximum Gasteiger partial charge on any atom is 0.228 e. The van der Waals surface area contributed by atoms with Gasteiger partial charge < -0.3 is 5.32 Å². The zero-order valence-corrected chi connectivity index (χ0v) is 22.7. The van der Waals surface area contributed by atoms with E-state index in [1.54, 1.807) is 23.9 Å². The number of hydrogen-bond acceptors (Lipinski definition) is 4. The molecule has 8 heteroatoms. The summed E-state index contributed by atoms with van der Waals surface area (Å²) in [6.07, 6.45) is 0.690. The van der Waals surface area contributed by atoms with Gasteiger partial charge in [-0.1, -0.05) is 96.5 Å². The van der Waals surface area contributed by atoms with Gasteiger partial charge in [-0.25, -0.2) is 0 Å². The van der Waals surface area contributed by atoms with E-state index < -0.39 is 6.04 Å². The van der Waals surface area contributed by atoms with Gasteiger partial charge in [-0.15, -0.1) is 10.2 Å². The van der Waals surface area contributed by atoms with Crippen LogP contribution >= 0.6 is 35.0 Å². The fourth-order valence-corrected chi connectivity index (χ4v) is 5.62. The smallest absolute Gasteiger partial charge is 0.228 e. The van der Waals surface area contributed by atoms with E-state index in [4.69, 9.17) is 23.2 Å². The molecule has 0 aliphatic rings. The Hall–Kier alpha value is -2.80. The van der Waals surface area contributed by atoms with Crippen LogP contribution in [0.1, 0.15) is 54.7 Å². The van der Waals surface area contributed by atoms with Crippen LogP contribution in [0.5, 0.6) is 0 Å². The molecule has 0 spiro atoms. The van der Waals surface area contributed by atoms with Crippen molar-refractivity contribution in [3.05, 3.63) is 105 Å². The number of halogens is 2. The first-order valence-electron chi connectivity index (χ1n) is 11.8. The summed E-state index contributed by atoms with van der Waals surface area (Å²) in [5.74, 6) is 1.02. The number of rotatable bonds is 9. The van der Waals surface area contributed by atoms with Crippen LogP contribution in [0.4, 0.5) is 0 Å². The van der Waals surface area contributed by atoms with Crippen molar-refractivity contribution in [1.82, 2.24) is 20.1 Å². The Labute approximate surface area is 226 Å². The van der Waals surface area contributed by atoms with Crippen molar-refractivity contribution in [3.63, 3.8) is 0 Å². The standard InChI is InChI=1S/C28H28Cl2N4OS/c1-4-23(20-11-6-5-7-12-20)27(35)31-19(3)26-32-33-28(36-17-21-13-9-8-10-18(21)2)34(26)25-15-14-22(29)16-24(25)30/h5-16,19,23H,4,17H2,1-3H3,(H,31,35). The second-order valence-electron chi connectivity index (χ2n) is 8.59. The monoisotopic (exact) mass is 538 g/mol. The molecule has 1 aromatic heterocycles. The van der Waals surface area contributed by atoms with E-state index >= 15 is 0 Å². The second kappa shape index (κ2) is 12.0. The normalized spacial score (nSPS) is 12.8. The van der Waals surface area contributed by atoms with Gasteiger partial charge in [0.1, 0.15) is 0 Å². The third-order valence-corrected chi connectivity index (χ3v) is 7.62. The summed E-state index contributed by atoms with van der Waals surface area (Å²) in [6, 6.07) is 23.0. The van der Waals surface area contributed by atoms with Gasteiger partial charge in [0.15, 0.2) is 11.0 Å². The number of benzene rings is 3. The molecule has 0 aliphatic heterocycles. The molecule has 5 nitrogen and oxygen atoms in total. The third-order valence-electron chi connectivity index (χ3n) is 6.10. The number of hydrogen-bond donors (Lipinski definition) is 1. The Morgan fingerprint density at radius 1 is 1.03 bits per heavy atom. The number of amides is 1. The number of aromatic nitrogens is 3. The number of thioether (sulfide) groups is 1. The lowest BCUT2D eigenvalue weighted by Gasteiger charge is -2.21. The molecule has 0 radical (unpaired) electrons. The molecule has 1 heterocycles. The Kier molecular flexibility index (Phi) is 8.72. The Balaban J connectivity index is 1.65. The lowest BCUT2D eigenvalue weighted by atomic mass is 9.95. The van der Waals surface area contributed by atoms with Crippen LogP contribution in [-0.4, -0.2) is 20.7 Å². The Bertz CT molecular complexity index is 1340. The van der Waals surface area contributed by atoms with E-state index in [0.29, 0.717) is 33.1 Å². The summed E-state index contributed by atoms with van der Waals surface area (Å²) in [5, 5.41) is 13.8. The van der Waals surface area contributed by atoms with E-state index in [1.807, 2.05) is 66.9 Å². The minimum absolute atomic E-state index is 0.0536. The SMILES string of the molecule is CCC(C(=O)NC(C)c1nnc(SCc2ccccc2C)n1-c1ccc(Cl)cc1Cl)c1ccccc1. The number of carbonyl (C=O) groups is 1. The molecule has 3 aromatic carbocycles. The van der Waals surface area contributed by atoms with Gasteiger partial charge >= 0.3 is 0 Å². The molecule has 1 N–H and O–H groups in total. The van der Waals surface area contributed by atoms with Gasteiger partial charge in [0.2, 0.25) is 5.91 Å². The van der Waals surface area contributed by atoms with Crippen molar-refractivity contribution in [2.24, 2.45) is 0 Å². The molecule has 0 bridgehead atoms. The largest absolute Gasteiger partial charge is 0.346 e. The molecule has 186 valence electrons. The summed E-state index contributed by atoms with van der Waals surface area (Å²) < 4.78 is 1.91. The highest BCUT2D eigenvalue weighted by atomic mass is 35.5. The minimum atomic E-state index is -0.401. The zero-order valence-electron chi connectivity index (χ0n) is 20.4. The predicted molar refractivity (Wildman–Crippen MR) is 148 cm³/mol. The molecule has 2 unspecified atom stereocenters. The fourth-order valence-electron chi connectivity index (χ4n) is 4.09. The maximum absolute atomic E-state index is 13.3. The van der Waals surface area contributed by atoms with Crippen molar-refractivity contribution in [2.45, 2.75) is 50.1 Å². The van der Waals surface area contributed by atoms with Crippen molar-refractivity contribution in [3.8, 4) is 5.69 Å². The molecule has 36 heavy (non-hydrogen) atoms. The van der Waals surface area contributed by atoms with E-state index in [-0.39, 0.29) is 11.8 Å². The molecule has 4 rings (SSSR count). The predicted octanol–water partition coefficient (Wildman–Crippen LogP) is 7.55. The summed E-state index contributed by atoms with van der Waals surface area (Å²) in [5.41, 5.74) is 4.13. The summed E-state index contributed by atoms with van der Waals surface area (Å²) >= 11 is 14.4. The van der Waals surface area contributed by atoms with Crippen LogP contribution in [0.15, 0.2) is 78.0 Å². The average Bonchev–Trinajstić information content (AvgIpc) is 3.28. The van der Waals surface area contributed by atoms with Crippen molar-refractivity contribution < 1.29 is 4.79 Å². The van der Waals surface area contributed by atoms with Gasteiger partial charge in [-0.2, -0.15) is 0 Å². The van der Waals surface area contributed by atoms with Gasteiger partial charge in [0, 0.05) is 10.8 Å². The lowest BCUT2D eigenvalue weighted by Crippen LogP contribution is -2.32. The summed E-state index contributed by atoms with van der Waals surface area (Å²) in [4.78, 5) is 13.3. The fraction of sp³-hybridized carbons (Fsp3) is 0.250. The number of nitrogens with zero attached hydrogens (tertiary/aromatic N) is 3. The summed E-state index contributed by atoms with van der Waals surface area (Å²) in [6.45, 7) is 6.02. The minimum Gasteiger partial charge on any atom is -0.346 e. The van der Waals surface area contributed by atoms with Crippen LogP contribution in [-0.2, 0) is 10.5 Å². The third kappa shape index (κ3) is 5.94. The lowest BCUT2D eigenvalue weighted by molar-refractivity contribution is -0.123. The van der Waals surface area contributed by atoms with Gasteiger partial charge in [0.05, 0.1) is 22.7 Å². The molecule has 1 amide bonds. The van der Waals surface area contributed by atoms with Crippen LogP contribution in [0, 0.1) is 6.92 Å². The van der Waals surface area contributed by atoms with E-state index in [9.17, 15) is 4.79 Å². The molecular weight excluding hydrogens is 511 g/mol. The number of aryl methyl sites for hydroxylation is 1. The molecule has 0 saturated carbocycles. The first kappa shape index (κ1) is 26.3. The van der Waals surface area contributed by atoms with Gasteiger partial charge in [-0.05, 0) is 55.2 Å². The first-order valence-corrected chi connectivity index (χ1v) is 13.6. The van der Waals surface area contributed by atoms with E-state index in [1.165, 1.54) is 11.1 Å². The first-order chi connectivity index (χ1) is 17.4. The van der Waals surface area contributed by atoms with E-state index in [2.05, 4.69) is 34.6 Å². The van der Waals surface area contributed by atoms with Crippen molar-refractivity contribution >= 4 is 40.9 Å². The number of carbonyl (C=O) groups excluding carboxylic acids is 1. The molecule has 0 fully saturated rings. The molecule has 0 saturated heterocycles. The second-order valence-corrected chi connectivity index (χ2v) is 10.4. The topological polar surface area (TPSA) is 59.8 Å². The molecule has 0 aliphatic carbocycles. The maximum atomic E-state index is 13.3. The quantitative estimate of drug-likeness (QED) is 0.223. The number of nitrogens with one attached hydrogen (secondary N) is 1. The average molecular weight is 540 g/mol. The molecule has 2 atom stereocenters. The highest BCUT2D eigenvalue weighted by Gasteiger charge is 2.26. The zero-order chi connectivity index (χ0) is 25.7.